The molecule has 0 aromatic carbocycles. The summed E-state index contributed by atoms with van der Waals surface area (Å²) >= 11 is 0. The summed E-state index contributed by atoms with van der Waals surface area (Å²) in [5.74, 6) is -0.120. The van der Waals surface area contributed by atoms with Crippen LogP contribution in [0.4, 0.5) is 0 Å². The van der Waals surface area contributed by atoms with Gasteiger partial charge < -0.3 is 5.32 Å². The molecular formula is C13H22N2O. The molecule has 1 saturated carbocycles. The second kappa shape index (κ2) is 4.86. The van der Waals surface area contributed by atoms with E-state index in [9.17, 15) is 4.79 Å². The molecule has 1 rings (SSSR count). The molecule has 1 unspecified atom stereocenters. The van der Waals surface area contributed by atoms with Crippen LogP contribution in [0.15, 0.2) is 0 Å². The molecule has 1 N–H and O–H groups in total. The van der Waals surface area contributed by atoms with E-state index in [1.165, 1.54) is 25.7 Å². The van der Waals surface area contributed by atoms with E-state index in [0.29, 0.717) is 13.0 Å². The zero-order valence-corrected chi connectivity index (χ0v) is 10.6. The highest BCUT2D eigenvalue weighted by Crippen LogP contribution is 2.36. The number of carbonyl (C=O) groups excluding carboxylic acids is 1. The number of hydrogen-bond acceptors (Lipinski definition) is 2. The van der Waals surface area contributed by atoms with Crippen molar-refractivity contribution in [3.8, 4) is 6.07 Å². The van der Waals surface area contributed by atoms with E-state index in [-0.39, 0.29) is 11.3 Å². The first-order valence-electron chi connectivity index (χ1n) is 6.15. The van der Waals surface area contributed by atoms with Gasteiger partial charge in [-0.25, -0.2) is 0 Å². The Morgan fingerprint density at radius 3 is 2.50 bits per heavy atom. The summed E-state index contributed by atoms with van der Waals surface area (Å²) in [6, 6.07) is 2.10. The van der Waals surface area contributed by atoms with E-state index in [1.54, 1.807) is 6.92 Å². The lowest BCUT2D eigenvalue weighted by atomic mass is 9.86. The highest BCUT2D eigenvalue weighted by Gasteiger charge is 2.34. The molecule has 1 atom stereocenters. The Bertz CT molecular complexity index is 300. The normalized spacial score (nSPS) is 22.1. The minimum atomic E-state index is -0.866. The molecule has 1 aliphatic carbocycles. The molecule has 0 saturated heterocycles. The van der Waals surface area contributed by atoms with Crippen molar-refractivity contribution >= 4 is 5.91 Å². The van der Waals surface area contributed by atoms with Gasteiger partial charge in [0.2, 0.25) is 5.91 Å². The van der Waals surface area contributed by atoms with Gasteiger partial charge in [0.05, 0.1) is 6.07 Å². The fraction of sp³-hybridized carbons (Fsp3) is 0.846. The predicted octanol–water partition coefficient (Wildman–Crippen LogP) is 2.62. The molecule has 1 amide bonds. The van der Waals surface area contributed by atoms with Gasteiger partial charge in [-0.2, -0.15) is 5.26 Å². The summed E-state index contributed by atoms with van der Waals surface area (Å²) < 4.78 is 0. The van der Waals surface area contributed by atoms with Crippen molar-refractivity contribution in [2.75, 3.05) is 6.54 Å². The molecule has 0 heterocycles. The summed E-state index contributed by atoms with van der Waals surface area (Å²) in [5, 5.41) is 11.9. The van der Waals surface area contributed by atoms with Gasteiger partial charge in [0.15, 0.2) is 0 Å². The number of amides is 1. The summed E-state index contributed by atoms with van der Waals surface area (Å²) in [6.07, 6.45) is 5.45. The maximum absolute atomic E-state index is 11.9. The zero-order valence-electron chi connectivity index (χ0n) is 10.6. The predicted molar refractivity (Wildman–Crippen MR) is 63.6 cm³/mol. The van der Waals surface area contributed by atoms with Crippen molar-refractivity contribution < 1.29 is 4.79 Å². The van der Waals surface area contributed by atoms with Gasteiger partial charge in [0.1, 0.15) is 5.41 Å². The highest BCUT2D eigenvalue weighted by molar-refractivity contribution is 5.84. The molecule has 3 nitrogen and oxygen atoms in total. The Morgan fingerprint density at radius 2 is 2.06 bits per heavy atom. The number of carbonyl (C=O) groups is 1. The minimum Gasteiger partial charge on any atom is -0.354 e. The molecule has 3 heteroatoms. The smallest absolute Gasteiger partial charge is 0.240 e. The first kappa shape index (κ1) is 13.0. The molecule has 0 radical (unpaired) electrons. The van der Waals surface area contributed by atoms with Crippen LogP contribution in [0, 0.1) is 22.2 Å². The molecular weight excluding hydrogens is 200 g/mol. The van der Waals surface area contributed by atoms with Gasteiger partial charge in [0.25, 0.3) is 0 Å². The van der Waals surface area contributed by atoms with Gasteiger partial charge >= 0.3 is 0 Å². The zero-order chi connectivity index (χ0) is 12.2. The van der Waals surface area contributed by atoms with E-state index < -0.39 is 5.41 Å². The Hall–Kier alpha value is -1.04. The number of nitriles is 1. The van der Waals surface area contributed by atoms with Gasteiger partial charge in [-0.05, 0) is 31.6 Å². The van der Waals surface area contributed by atoms with E-state index in [2.05, 4.69) is 18.3 Å². The fourth-order valence-electron chi connectivity index (χ4n) is 2.18. The van der Waals surface area contributed by atoms with Crippen molar-refractivity contribution in [3.05, 3.63) is 0 Å². The Balaban J connectivity index is 2.50. The van der Waals surface area contributed by atoms with Crippen molar-refractivity contribution in [2.45, 2.75) is 52.9 Å². The van der Waals surface area contributed by atoms with Crippen LogP contribution in [0.1, 0.15) is 52.9 Å². The molecule has 1 aliphatic rings. The third-order valence-electron chi connectivity index (χ3n) is 3.94. The van der Waals surface area contributed by atoms with E-state index in [0.717, 1.165) is 0 Å². The quantitative estimate of drug-likeness (QED) is 0.795. The average molecular weight is 222 g/mol. The summed E-state index contributed by atoms with van der Waals surface area (Å²) in [7, 11) is 0. The summed E-state index contributed by atoms with van der Waals surface area (Å²) in [4.78, 5) is 11.9. The topological polar surface area (TPSA) is 52.9 Å². The van der Waals surface area contributed by atoms with Crippen LogP contribution in [-0.2, 0) is 4.79 Å². The molecule has 0 aromatic rings. The van der Waals surface area contributed by atoms with Gasteiger partial charge in [0, 0.05) is 6.54 Å². The van der Waals surface area contributed by atoms with Crippen LogP contribution < -0.4 is 5.32 Å². The lowest BCUT2D eigenvalue weighted by Gasteiger charge is -2.26. The molecule has 90 valence electrons. The van der Waals surface area contributed by atoms with Crippen LogP contribution in [-0.4, -0.2) is 12.5 Å². The van der Waals surface area contributed by atoms with Crippen LogP contribution in [0.5, 0.6) is 0 Å². The first-order valence-corrected chi connectivity index (χ1v) is 6.15. The maximum atomic E-state index is 11.9. The molecule has 0 spiro atoms. The minimum absolute atomic E-state index is 0.120. The number of hydrogen-bond donors (Lipinski definition) is 1. The van der Waals surface area contributed by atoms with Crippen LogP contribution >= 0.6 is 0 Å². The Labute approximate surface area is 98.2 Å². The number of nitrogens with zero attached hydrogens (tertiary/aromatic N) is 1. The van der Waals surface area contributed by atoms with Crippen molar-refractivity contribution in [3.63, 3.8) is 0 Å². The molecule has 0 bridgehead atoms. The van der Waals surface area contributed by atoms with E-state index >= 15 is 0 Å². The molecule has 0 aliphatic heterocycles. The average Bonchev–Trinajstić information content (AvgIpc) is 2.72. The van der Waals surface area contributed by atoms with Gasteiger partial charge in [-0.3, -0.25) is 4.79 Å². The largest absolute Gasteiger partial charge is 0.354 e. The summed E-state index contributed by atoms with van der Waals surface area (Å²) in [5.41, 5.74) is -0.616. The van der Waals surface area contributed by atoms with Crippen LogP contribution in [0.25, 0.3) is 0 Å². The standard InChI is InChI=1S/C13H22N2O/c1-4-13(3,9-14)11(16)15-10-12(2)7-5-6-8-12/h4-8,10H2,1-3H3,(H,15,16). The highest BCUT2D eigenvalue weighted by atomic mass is 16.2. The second-order valence-electron chi connectivity index (χ2n) is 5.50. The summed E-state index contributed by atoms with van der Waals surface area (Å²) in [6.45, 7) is 6.51. The van der Waals surface area contributed by atoms with Gasteiger partial charge in [-0.1, -0.05) is 26.7 Å². The molecule has 16 heavy (non-hydrogen) atoms. The number of rotatable bonds is 4. The lowest BCUT2D eigenvalue weighted by molar-refractivity contribution is -0.128. The van der Waals surface area contributed by atoms with E-state index in [4.69, 9.17) is 5.26 Å². The third-order valence-corrected chi connectivity index (χ3v) is 3.94. The molecule has 1 fully saturated rings. The Kier molecular flexibility index (Phi) is 3.96. The van der Waals surface area contributed by atoms with Crippen molar-refractivity contribution in [2.24, 2.45) is 10.8 Å². The SMILES string of the molecule is CCC(C)(C#N)C(=O)NCC1(C)CCCC1. The second-order valence-corrected chi connectivity index (χ2v) is 5.50. The van der Waals surface area contributed by atoms with Gasteiger partial charge in [-0.15, -0.1) is 0 Å². The first-order chi connectivity index (χ1) is 7.46. The van der Waals surface area contributed by atoms with Crippen molar-refractivity contribution in [1.82, 2.24) is 5.32 Å². The maximum Gasteiger partial charge on any atom is 0.240 e. The van der Waals surface area contributed by atoms with Crippen molar-refractivity contribution in [1.29, 1.82) is 5.26 Å². The molecule has 0 aromatic heterocycles. The third kappa shape index (κ3) is 2.75. The monoisotopic (exact) mass is 222 g/mol. The van der Waals surface area contributed by atoms with Crippen LogP contribution in [0.3, 0.4) is 0 Å². The van der Waals surface area contributed by atoms with E-state index in [1.807, 2.05) is 6.92 Å². The fourth-order valence-corrected chi connectivity index (χ4v) is 2.18. The Morgan fingerprint density at radius 1 is 1.50 bits per heavy atom. The number of nitrogens with one attached hydrogen (secondary N) is 1. The van der Waals surface area contributed by atoms with Crippen LogP contribution in [0.2, 0.25) is 0 Å². The lowest BCUT2D eigenvalue weighted by Crippen LogP contribution is -2.42.